The highest BCUT2D eigenvalue weighted by Gasteiger charge is 2.17. The zero-order valence-electron chi connectivity index (χ0n) is 10.5. The summed E-state index contributed by atoms with van der Waals surface area (Å²) < 4.78 is 0. The number of amides is 1. The van der Waals surface area contributed by atoms with Gasteiger partial charge in [0, 0.05) is 25.6 Å². The van der Waals surface area contributed by atoms with Crippen LogP contribution in [0.25, 0.3) is 0 Å². The van der Waals surface area contributed by atoms with E-state index in [1.807, 2.05) is 0 Å². The largest absolute Gasteiger partial charge is 0.370 e. The van der Waals surface area contributed by atoms with Crippen LogP contribution in [-0.2, 0) is 4.79 Å². The summed E-state index contributed by atoms with van der Waals surface area (Å²) in [5.74, 6) is 0.550. The molecule has 0 saturated carbocycles. The molecule has 2 N–H and O–H groups in total. The number of carbonyl (C=O) groups excluding carboxylic acids is 1. The molecule has 1 atom stereocenters. The van der Waals surface area contributed by atoms with E-state index in [0.717, 1.165) is 19.0 Å². The van der Waals surface area contributed by atoms with E-state index in [-0.39, 0.29) is 5.91 Å². The number of primary amides is 1. The van der Waals surface area contributed by atoms with Crippen LogP contribution in [0, 0.1) is 5.92 Å². The number of allylic oxidation sites excluding steroid dienone is 2. The topological polar surface area (TPSA) is 46.3 Å². The average Bonchev–Trinajstić information content (AvgIpc) is 2.25. The number of nitrogens with two attached hydrogens (primary N) is 1. The Morgan fingerprint density at radius 1 is 1.50 bits per heavy atom. The second-order valence-electron chi connectivity index (χ2n) is 4.96. The quantitative estimate of drug-likeness (QED) is 0.701. The van der Waals surface area contributed by atoms with Crippen molar-refractivity contribution in [1.82, 2.24) is 4.90 Å². The number of nitrogens with zero attached hydrogens (tertiary/aromatic N) is 1. The minimum atomic E-state index is -0.200. The molecule has 0 spiro atoms. The Balaban J connectivity index is 2.37. The SMILES string of the molecule is CC(C)N(CCC(N)=O)C[C@@H]1CC=CCC1. The predicted molar refractivity (Wildman–Crippen MR) is 67.0 cm³/mol. The third-order valence-corrected chi connectivity index (χ3v) is 3.25. The van der Waals surface area contributed by atoms with Gasteiger partial charge < -0.3 is 10.6 Å². The van der Waals surface area contributed by atoms with Gasteiger partial charge in [-0.05, 0) is 39.0 Å². The van der Waals surface area contributed by atoms with Gasteiger partial charge in [-0.15, -0.1) is 0 Å². The smallest absolute Gasteiger partial charge is 0.218 e. The summed E-state index contributed by atoms with van der Waals surface area (Å²) in [6, 6.07) is 0.491. The van der Waals surface area contributed by atoms with E-state index in [4.69, 9.17) is 5.73 Å². The van der Waals surface area contributed by atoms with E-state index in [2.05, 4.69) is 30.9 Å². The molecule has 3 heteroatoms. The fraction of sp³-hybridized carbons (Fsp3) is 0.769. The molecule has 1 rings (SSSR count). The summed E-state index contributed by atoms with van der Waals surface area (Å²) in [4.78, 5) is 13.2. The summed E-state index contributed by atoms with van der Waals surface area (Å²) in [5, 5.41) is 0. The predicted octanol–water partition coefficient (Wildman–Crippen LogP) is 1.93. The van der Waals surface area contributed by atoms with E-state index >= 15 is 0 Å². The van der Waals surface area contributed by atoms with Crippen molar-refractivity contribution in [1.29, 1.82) is 0 Å². The highest BCUT2D eigenvalue weighted by Crippen LogP contribution is 2.20. The van der Waals surface area contributed by atoms with E-state index in [1.165, 1.54) is 19.3 Å². The Hall–Kier alpha value is -0.830. The van der Waals surface area contributed by atoms with Crippen LogP contribution in [0.5, 0.6) is 0 Å². The van der Waals surface area contributed by atoms with E-state index in [1.54, 1.807) is 0 Å². The van der Waals surface area contributed by atoms with Gasteiger partial charge in [-0.3, -0.25) is 4.79 Å². The van der Waals surface area contributed by atoms with Crippen molar-refractivity contribution in [2.75, 3.05) is 13.1 Å². The molecule has 1 amide bonds. The molecule has 0 heterocycles. The van der Waals surface area contributed by atoms with Crippen LogP contribution in [0.4, 0.5) is 0 Å². The molecule has 1 aliphatic carbocycles. The third kappa shape index (κ3) is 4.79. The first-order valence-corrected chi connectivity index (χ1v) is 6.27. The number of hydrogen-bond donors (Lipinski definition) is 1. The Morgan fingerprint density at radius 3 is 2.75 bits per heavy atom. The van der Waals surface area contributed by atoms with Crippen LogP contribution in [0.1, 0.15) is 39.5 Å². The van der Waals surface area contributed by atoms with Crippen molar-refractivity contribution in [3.63, 3.8) is 0 Å². The molecule has 0 aromatic carbocycles. The van der Waals surface area contributed by atoms with Crippen LogP contribution in [-0.4, -0.2) is 29.9 Å². The highest BCUT2D eigenvalue weighted by atomic mass is 16.1. The molecule has 92 valence electrons. The van der Waals surface area contributed by atoms with Gasteiger partial charge in [0.25, 0.3) is 0 Å². The van der Waals surface area contributed by atoms with Crippen molar-refractivity contribution in [2.45, 2.75) is 45.6 Å². The monoisotopic (exact) mass is 224 g/mol. The summed E-state index contributed by atoms with van der Waals surface area (Å²) >= 11 is 0. The molecular formula is C13H24N2O. The minimum Gasteiger partial charge on any atom is -0.370 e. The fourth-order valence-electron chi connectivity index (χ4n) is 2.17. The van der Waals surface area contributed by atoms with Crippen LogP contribution in [0.3, 0.4) is 0 Å². The van der Waals surface area contributed by atoms with Crippen LogP contribution < -0.4 is 5.73 Å². The third-order valence-electron chi connectivity index (χ3n) is 3.25. The maximum atomic E-state index is 10.8. The number of rotatable bonds is 6. The minimum absolute atomic E-state index is 0.200. The van der Waals surface area contributed by atoms with Crippen molar-refractivity contribution >= 4 is 5.91 Å². The molecule has 0 fully saturated rings. The lowest BCUT2D eigenvalue weighted by Crippen LogP contribution is -2.37. The summed E-state index contributed by atoms with van der Waals surface area (Å²) in [6.07, 6.45) is 8.67. The molecule has 0 saturated heterocycles. The average molecular weight is 224 g/mol. The van der Waals surface area contributed by atoms with Crippen LogP contribution >= 0.6 is 0 Å². The van der Waals surface area contributed by atoms with Gasteiger partial charge in [-0.2, -0.15) is 0 Å². The second kappa shape index (κ2) is 6.69. The Kier molecular flexibility index (Phi) is 5.53. The second-order valence-corrected chi connectivity index (χ2v) is 4.96. The molecule has 0 aromatic heterocycles. The Morgan fingerprint density at radius 2 is 2.25 bits per heavy atom. The van der Waals surface area contributed by atoms with Gasteiger partial charge >= 0.3 is 0 Å². The summed E-state index contributed by atoms with van der Waals surface area (Å²) in [6.45, 7) is 6.25. The van der Waals surface area contributed by atoms with Crippen molar-refractivity contribution in [3.8, 4) is 0 Å². The molecule has 16 heavy (non-hydrogen) atoms. The molecule has 0 aromatic rings. The number of carbonyl (C=O) groups is 1. The van der Waals surface area contributed by atoms with E-state index < -0.39 is 0 Å². The molecule has 0 bridgehead atoms. The van der Waals surface area contributed by atoms with Crippen molar-refractivity contribution < 1.29 is 4.79 Å². The first-order valence-electron chi connectivity index (χ1n) is 6.27. The maximum absolute atomic E-state index is 10.8. The van der Waals surface area contributed by atoms with Crippen molar-refractivity contribution in [2.24, 2.45) is 11.7 Å². The van der Waals surface area contributed by atoms with E-state index in [9.17, 15) is 4.79 Å². The zero-order chi connectivity index (χ0) is 12.0. The highest BCUT2D eigenvalue weighted by molar-refractivity contribution is 5.73. The van der Waals surface area contributed by atoms with Gasteiger partial charge in [0.15, 0.2) is 0 Å². The molecular weight excluding hydrogens is 200 g/mol. The first-order chi connectivity index (χ1) is 7.59. The maximum Gasteiger partial charge on any atom is 0.218 e. The lowest BCUT2D eigenvalue weighted by atomic mass is 9.93. The van der Waals surface area contributed by atoms with Gasteiger partial charge in [0.1, 0.15) is 0 Å². The van der Waals surface area contributed by atoms with Gasteiger partial charge in [-0.1, -0.05) is 12.2 Å². The van der Waals surface area contributed by atoms with E-state index in [0.29, 0.717) is 12.5 Å². The number of hydrogen-bond acceptors (Lipinski definition) is 2. The zero-order valence-corrected chi connectivity index (χ0v) is 10.5. The molecule has 0 unspecified atom stereocenters. The summed E-state index contributed by atoms with van der Waals surface area (Å²) in [7, 11) is 0. The van der Waals surface area contributed by atoms with Gasteiger partial charge in [0.05, 0.1) is 0 Å². The normalized spacial score (nSPS) is 20.6. The Bertz CT molecular complexity index is 248. The lowest BCUT2D eigenvalue weighted by molar-refractivity contribution is -0.118. The molecule has 0 aliphatic heterocycles. The van der Waals surface area contributed by atoms with Gasteiger partial charge in [0.2, 0.25) is 5.91 Å². The molecule has 0 radical (unpaired) electrons. The first kappa shape index (κ1) is 13.2. The standard InChI is InChI=1S/C13H24N2O/c1-11(2)15(9-8-13(14)16)10-12-6-4-3-5-7-12/h3-4,11-12H,5-10H2,1-2H3,(H2,14,16)/t12-/m1/s1. The molecule has 3 nitrogen and oxygen atoms in total. The Labute approximate surface area is 98.7 Å². The summed E-state index contributed by atoms with van der Waals surface area (Å²) in [5.41, 5.74) is 5.20. The fourth-order valence-corrected chi connectivity index (χ4v) is 2.17. The van der Waals surface area contributed by atoms with Crippen LogP contribution in [0.15, 0.2) is 12.2 Å². The van der Waals surface area contributed by atoms with Gasteiger partial charge in [-0.25, -0.2) is 0 Å². The lowest BCUT2D eigenvalue weighted by Gasteiger charge is -2.31. The van der Waals surface area contributed by atoms with Crippen molar-refractivity contribution in [3.05, 3.63) is 12.2 Å². The molecule has 1 aliphatic rings. The van der Waals surface area contributed by atoms with Crippen LogP contribution in [0.2, 0.25) is 0 Å².